The van der Waals surface area contributed by atoms with E-state index in [1.54, 1.807) is 4.90 Å². The number of nitrogens with zero attached hydrogens (tertiary/aromatic N) is 3. The Labute approximate surface area is 193 Å². The Morgan fingerprint density at radius 2 is 1.85 bits per heavy atom. The van der Waals surface area contributed by atoms with Crippen LogP contribution in [0.25, 0.3) is 0 Å². The molecule has 2 aliphatic rings. The lowest BCUT2D eigenvalue weighted by atomic mass is 9.79. The van der Waals surface area contributed by atoms with E-state index in [-0.39, 0.29) is 31.3 Å². The van der Waals surface area contributed by atoms with Gasteiger partial charge in [0.05, 0.1) is 30.2 Å². The maximum Gasteiger partial charge on any atom is 0.416 e. The number of halogens is 4. The largest absolute Gasteiger partial charge is 0.416 e. The van der Waals surface area contributed by atoms with Gasteiger partial charge in [-0.05, 0) is 30.5 Å². The van der Waals surface area contributed by atoms with Crippen LogP contribution in [0.2, 0.25) is 0 Å². The van der Waals surface area contributed by atoms with Gasteiger partial charge < -0.3 is 25.4 Å². The van der Waals surface area contributed by atoms with E-state index in [4.69, 9.17) is 15.2 Å². The second-order valence-corrected chi connectivity index (χ2v) is 8.37. The molecule has 0 aliphatic carbocycles. The highest BCUT2D eigenvalue weighted by atomic mass is 19.4. The number of primary amides is 1. The quantitative estimate of drug-likeness (QED) is 0.609. The number of alkyl halides is 3. The molecule has 1 aromatic heterocycles. The van der Waals surface area contributed by atoms with E-state index in [1.165, 1.54) is 18.5 Å². The van der Waals surface area contributed by atoms with Crippen LogP contribution in [0.5, 0.6) is 0 Å². The number of ether oxygens (including phenoxy) is 2. The molecule has 8 nitrogen and oxygen atoms in total. The van der Waals surface area contributed by atoms with Gasteiger partial charge in [0.25, 0.3) is 0 Å². The third kappa shape index (κ3) is 4.92. The summed E-state index contributed by atoms with van der Waals surface area (Å²) in [6.45, 7) is 1.58. The zero-order valence-electron chi connectivity index (χ0n) is 18.3. The summed E-state index contributed by atoms with van der Waals surface area (Å²) in [5.74, 6) is -1.32. The van der Waals surface area contributed by atoms with Crippen molar-refractivity contribution >= 4 is 17.5 Å². The minimum Gasteiger partial charge on any atom is -0.381 e. The molecule has 34 heavy (non-hydrogen) atoms. The summed E-state index contributed by atoms with van der Waals surface area (Å²) in [5.41, 5.74) is 4.51. The molecule has 0 radical (unpaired) electrons. The molecule has 184 valence electrons. The molecule has 3 N–H and O–H groups in total. The second-order valence-electron chi connectivity index (χ2n) is 8.37. The highest BCUT2D eigenvalue weighted by Gasteiger charge is 2.39. The summed E-state index contributed by atoms with van der Waals surface area (Å²) < 4.78 is 65.1. The van der Waals surface area contributed by atoms with E-state index < -0.39 is 34.9 Å². The van der Waals surface area contributed by atoms with Crippen molar-refractivity contribution in [3.05, 3.63) is 47.5 Å². The number of carbonyl (C=O) groups excluding carboxylic acids is 1. The second kappa shape index (κ2) is 9.71. The first-order valence-corrected chi connectivity index (χ1v) is 10.8. The minimum absolute atomic E-state index is 0.00852. The fraction of sp³-hybridized carbons (Fsp3) is 0.500. The van der Waals surface area contributed by atoms with E-state index in [2.05, 4.69) is 15.3 Å². The highest BCUT2D eigenvalue weighted by Crippen LogP contribution is 2.35. The number of anilines is 2. The van der Waals surface area contributed by atoms with Crippen molar-refractivity contribution in [1.29, 1.82) is 0 Å². The van der Waals surface area contributed by atoms with Gasteiger partial charge in [-0.2, -0.15) is 17.6 Å². The number of nitrogens with one attached hydrogen (secondary N) is 1. The minimum atomic E-state index is -4.45. The smallest absolute Gasteiger partial charge is 0.381 e. The normalized spacial score (nSPS) is 20.7. The van der Waals surface area contributed by atoms with Crippen LogP contribution in [-0.4, -0.2) is 55.4 Å². The van der Waals surface area contributed by atoms with Crippen molar-refractivity contribution in [3.8, 4) is 0 Å². The lowest BCUT2D eigenvalue weighted by Gasteiger charge is -2.37. The standard InChI is InChI=1S/C22H25F4N5O3/c23-17-18(28-12-21(20(27)32)5-8-33-9-6-21)29-13-30-19(17)31-7-10-34-11-16(31)14-1-3-15(4-2-14)22(24,25)26/h1-4,13,16H,5-12H2,(H2,27,32)(H,28,29,30). The predicted molar refractivity (Wildman–Crippen MR) is 115 cm³/mol. The molecule has 0 saturated carbocycles. The number of morpholine rings is 1. The van der Waals surface area contributed by atoms with Gasteiger partial charge in [-0.3, -0.25) is 4.79 Å². The van der Waals surface area contributed by atoms with Gasteiger partial charge in [0.15, 0.2) is 11.6 Å². The van der Waals surface area contributed by atoms with Crippen molar-refractivity contribution in [2.24, 2.45) is 11.1 Å². The zero-order valence-corrected chi connectivity index (χ0v) is 18.3. The van der Waals surface area contributed by atoms with Crippen LogP contribution in [0.3, 0.4) is 0 Å². The van der Waals surface area contributed by atoms with Crippen molar-refractivity contribution in [2.75, 3.05) is 49.7 Å². The third-order valence-electron chi connectivity index (χ3n) is 6.36. The van der Waals surface area contributed by atoms with Gasteiger partial charge >= 0.3 is 6.18 Å². The van der Waals surface area contributed by atoms with Crippen LogP contribution >= 0.6 is 0 Å². The molecule has 2 fully saturated rings. The number of hydrogen-bond acceptors (Lipinski definition) is 7. The first-order chi connectivity index (χ1) is 16.2. The average Bonchev–Trinajstić information content (AvgIpc) is 2.83. The Morgan fingerprint density at radius 1 is 1.15 bits per heavy atom. The van der Waals surface area contributed by atoms with Gasteiger partial charge in [-0.1, -0.05) is 12.1 Å². The summed E-state index contributed by atoms with van der Waals surface area (Å²) in [4.78, 5) is 21.8. The molecule has 3 heterocycles. The molecule has 1 aromatic carbocycles. The van der Waals surface area contributed by atoms with Crippen molar-refractivity contribution in [2.45, 2.75) is 25.1 Å². The fourth-order valence-corrected chi connectivity index (χ4v) is 4.24. The molecule has 1 atom stereocenters. The number of aromatic nitrogens is 2. The first kappa shape index (κ1) is 24.1. The molecule has 12 heteroatoms. The molecular weight excluding hydrogens is 458 g/mol. The molecule has 1 unspecified atom stereocenters. The van der Waals surface area contributed by atoms with Crippen LogP contribution in [0.15, 0.2) is 30.6 Å². The number of benzene rings is 1. The van der Waals surface area contributed by atoms with Crippen LogP contribution in [0.4, 0.5) is 29.2 Å². The van der Waals surface area contributed by atoms with Crippen molar-refractivity contribution < 1.29 is 31.8 Å². The van der Waals surface area contributed by atoms with Crippen LogP contribution in [0.1, 0.15) is 30.0 Å². The van der Waals surface area contributed by atoms with Crippen LogP contribution in [0, 0.1) is 11.2 Å². The van der Waals surface area contributed by atoms with Crippen molar-refractivity contribution in [3.63, 3.8) is 0 Å². The maximum atomic E-state index is 15.5. The Morgan fingerprint density at radius 3 is 2.50 bits per heavy atom. The molecule has 0 spiro atoms. The Kier molecular flexibility index (Phi) is 6.89. The molecule has 2 aliphatic heterocycles. The van der Waals surface area contributed by atoms with E-state index in [0.29, 0.717) is 38.2 Å². The zero-order chi connectivity index (χ0) is 24.3. The Hall–Kier alpha value is -2.99. The number of carbonyl (C=O) groups is 1. The average molecular weight is 483 g/mol. The molecular formula is C22H25F4N5O3. The summed E-state index contributed by atoms with van der Waals surface area (Å²) in [5, 5.41) is 2.90. The molecule has 4 rings (SSSR count). The predicted octanol–water partition coefficient (Wildman–Crippen LogP) is 2.91. The van der Waals surface area contributed by atoms with Crippen LogP contribution in [-0.2, 0) is 20.4 Å². The van der Waals surface area contributed by atoms with E-state index >= 15 is 4.39 Å². The SMILES string of the molecule is NC(=O)C1(CNc2ncnc(N3CCOCC3c3ccc(C(F)(F)F)cc3)c2F)CCOCC1. The lowest BCUT2D eigenvalue weighted by molar-refractivity contribution is -0.137. The number of hydrogen-bond donors (Lipinski definition) is 2. The number of rotatable bonds is 6. The van der Waals surface area contributed by atoms with Gasteiger partial charge in [-0.15, -0.1) is 0 Å². The summed E-state index contributed by atoms with van der Waals surface area (Å²) in [7, 11) is 0. The van der Waals surface area contributed by atoms with Crippen molar-refractivity contribution in [1.82, 2.24) is 9.97 Å². The van der Waals surface area contributed by atoms with E-state index in [1.807, 2.05) is 0 Å². The maximum absolute atomic E-state index is 15.5. The van der Waals surface area contributed by atoms with Gasteiger partial charge in [-0.25, -0.2) is 9.97 Å². The number of nitrogens with two attached hydrogens (primary N) is 1. The highest BCUT2D eigenvalue weighted by molar-refractivity contribution is 5.81. The summed E-state index contributed by atoms with van der Waals surface area (Å²) >= 11 is 0. The monoisotopic (exact) mass is 483 g/mol. The molecule has 2 saturated heterocycles. The van der Waals surface area contributed by atoms with Crippen LogP contribution < -0.4 is 16.0 Å². The van der Waals surface area contributed by atoms with E-state index in [0.717, 1.165) is 12.1 Å². The molecule has 0 bridgehead atoms. The summed E-state index contributed by atoms with van der Waals surface area (Å²) in [6.07, 6.45) is -2.43. The topological polar surface area (TPSA) is 103 Å². The van der Waals surface area contributed by atoms with E-state index in [9.17, 15) is 18.0 Å². The number of amides is 1. The van der Waals surface area contributed by atoms with Gasteiger partial charge in [0, 0.05) is 26.3 Å². The fourth-order valence-electron chi connectivity index (χ4n) is 4.24. The van der Waals surface area contributed by atoms with Gasteiger partial charge in [0.2, 0.25) is 11.7 Å². The third-order valence-corrected chi connectivity index (χ3v) is 6.36. The molecule has 1 amide bonds. The first-order valence-electron chi connectivity index (χ1n) is 10.8. The molecule has 2 aromatic rings. The van der Waals surface area contributed by atoms with Gasteiger partial charge in [0.1, 0.15) is 6.33 Å². The Bertz CT molecular complexity index is 1010. The Balaban J connectivity index is 1.57. The lowest BCUT2D eigenvalue weighted by Crippen LogP contribution is -2.46. The summed E-state index contributed by atoms with van der Waals surface area (Å²) in [6, 6.07) is 4.15.